The molecule has 0 radical (unpaired) electrons. The molecule has 1 aromatic rings. The molecule has 0 aromatic heterocycles. The smallest absolute Gasteiger partial charge is 0.0560 e. The molecule has 0 spiro atoms. The number of hydrogen-bond donors (Lipinski definition) is 1. The topological polar surface area (TPSA) is 23.5 Å². The Morgan fingerprint density at radius 3 is 2.44 bits per heavy atom. The average Bonchev–Trinajstić information content (AvgIpc) is 2.38. The molecule has 2 rings (SSSR count). The lowest BCUT2D eigenvalue weighted by Gasteiger charge is -2.42. The molecule has 1 fully saturated rings. The zero-order chi connectivity index (χ0) is 13.1. The monoisotopic (exact) mass is 247 g/mol. The third kappa shape index (κ3) is 2.86. The largest absolute Gasteiger partial charge is 0.393 e. The molecule has 0 amide bonds. The van der Waals surface area contributed by atoms with Gasteiger partial charge in [-0.05, 0) is 43.2 Å². The third-order valence-electron chi connectivity index (χ3n) is 4.36. The predicted octanol–water partition coefficient (Wildman–Crippen LogP) is 3.31. The highest BCUT2D eigenvalue weighted by Gasteiger charge is 2.34. The molecule has 0 heterocycles. The van der Waals surface area contributed by atoms with Crippen LogP contribution in [0.1, 0.15) is 33.1 Å². The molecule has 2 nitrogen and oxygen atoms in total. The summed E-state index contributed by atoms with van der Waals surface area (Å²) >= 11 is 0. The zero-order valence-electron chi connectivity index (χ0n) is 11.7. The van der Waals surface area contributed by atoms with Gasteiger partial charge >= 0.3 is 0 Å². The molecule has 1 aliphatic rings. The van der Waals surface area contributed by atoms with Crippen LogP contribution < -0.4 is 4.90 Å². The summed E-state index contributed by atoms with van der Waals surface area (Å²) in [7, 11) is 2.16. The van der Waals surface area contributed by atoms with Gasteiger partial charge in [-0.3, -0.25) is 0 Å². The van der Waals surface area contributed by atoms with Crippen LogP contribution in [0.25, 0.3) is 0 Å². The van der Waals surface area contributed by atoms with Crippen molar-refractivity contribution in [1.82, 2.24) is 0 Å². The van der Waals surface area contributed by atoms with Crippen molar-refractivity contribution in [2.24, 2.45) is 11.8 Å². The van der Waals surface area contributed by atoms with Crippen LogP contribution in [0.15, 0.2) is 30.3 Å². The lowest BCUT2D eigenvalue weighted by Crippen LogP contribution is -2.45. The zero-order valence-corrected chi connectivity index (χ0v) is 11.7. The van der Waals surface area contributed by atoms with Gasteiger partial charge in [-0.1, -0.05) is 32.0 Å². The standard InChI is InChI=1S/C16H25NO/c1-12(2)15-10-9-14(18)11-16(15)17(3)13-7-5-4-6-8-13/h4-8,12,14-16,18H,9-11H2,1-3H3. The molecule has 0 bridgehead atoms. The van der Waals surface area contributed by atoms with Crippen LogP contribution >= 0.6 is 0 Å². The lowest BCUT2D eigenvalue weighted by molar-refractivity contribution is 0.0799. The van der Waals surface area contributed by atoms with Gasteiger partial charge in [0.05, 0.1) is 6.10 Å². The second-order valence-electron chi connectivity index (χ2n) is 5.89. The normalized spacial score (nSPS) is 28.4. The van der Waals surface area contributed by atoms with E-state index in [1.54, 1.807) is 0 Å². The minimum absolute atomic E-state index is 0.129. The first-order chi connectivity index (χ1) is 8.59. The van der Waals surface area contributed by atoms with E-state index in [4.69, 9.17) is 0 Å². The Balaban J connectivity index is 2.17. The van der Waals surface area contributed by atoms with Crippen LogP contribution in [0.3, 0.4) is 0 Å². The molecule has 100 valence electrons. The second kappa shape index (κ2) is 5.75. The summed E-state index contributed by atoms with van der Waals surface area (Å²) < 4.78 is 0. The average molecular weight is 247 g/mol. The third-order valence-corrected chi connectivity index (χ3v) is 4.36. The van der Waals surface area contributed by atoms with E-state index in [9.17, 15) is 5.11 Å². The van der Waals surface area contributed by atoms with Crippen LogP contribution in [0.5, 0.6) is 0 Å². The maximum atomic E-state index is 9.95. The van der Waals surface area contributed by atoms with Crippen molar-refractivity contribution in [2.75, 3.05) is 11.9 Å². The summed E-state index contributed by atoms with van der Waals surface area (Å²) in [6.07, 6.45) is 2.87. The quantitative estimate of drug-likeness (QED) is 0.886. The minimum atomic E-state index is -0.129. The van der Waals surface area contributed by atoms with Gasteiger partial charge in [0.1, 0.15) is 0 Å². The van der Waals surface area contributed by atoms with Crippen molar-refractivity contribution in [2.45, 2.75) is 45.3 Å². The van der Waals surface area contributed by atoms with Gasteiger partial charge in [0, 0.05) is 18.8 Å². The Morgan fingerprint density at radius 2 is 1.83 bits per heavy atom. The van der Waals surface area contributed by atoms with Crippen molar-refractivity contribution in [3.63, 3.8) is 0 Å². The number of hydrogen-bond acceptors (Lipinski definition) is 2. The maximum Gasteiger partial charge on any atom is 0.0560 e. The Hall–Kier alpha value is -1.02. The van der Waals surface area contributed by atoms with E-state index in [0.717, 1.165) is 19.3 Å². The fourth-order valence-corrected chi connectivity index (χ4v) is 3.23. The van der Waals surface area contributed by atoms with Crippen LogP contribution in [-0.2, 0) is 0 Å². The summed E-state index contributed by atoms with van der Waals surface area (Å²) in [6.45, 7) is 4.60. The van der Waals surface area contributed by atoms with Gasteiger partial charge in [-0.15, -0.1) is 0 Å². The number of aliphatic hydroxyl groups is 1. The highest BCUT2D eigenvalue weighted by Crippen LogP contribution is 2.35. The van der Waals surface area contributed by atoms with Gasteiger partial charge in [0.25, 0.3) is 0 Å². The summed E-state index contributed by atoms with van der Waals surface area (Å²) in [4.78, 5) is 2.35. The van der Waals surface area contributed by atoms with Crippen molar-refractivity contribution >= 4 is 5.69 Å². The van der Waals surface area contributed by atoms with Gasteiger partial charge in [0.2, 0.25) is 0 Å². The van der Waals surface area contributed by atoms with Gasteiger partial charge in [0.15, 0.2) is 0 Å². The Morgan fingerprint density at radius 1 is 1.17 bits per heavy atom. The van der Waals surface area contributed by atoms with Crippen molar-refractivity contribution in [1.29, 1.82) is 0 Å². The van der Waals surface area contributed by atoms with E-state index in [1.807, 2.05) is 6.07 Å². The number of anilines is 1. The summed E-state index contributed by atoms with van der Waals surface area (Å²) in [5, 5.41) is 9.95. The SMILES string of the molecule is CC(C)C1CCC(O)CC1N(C)c1ccccc1. The Bertz CT molecular complexity index is 363. The first-order valence-electron chi connectivity index (χ1n) is 7.05. The lowest BCUT2D eigenvalue weighted by atomic mass is 9.76. The van der Waals surface area contributed by atoms with Crippen molar-refractivity contribution in [3.05, 3.63) is 30.3 Å². The second-order valence-corrected chi connectivity index (χ2v) is 5.89. The van der Waals surface area contributed by atoms with Crippen LogP contribution in [0, 0.1) is 11.8 Å². The number of aliphatic hydroxyl groups excluding tert-OH is 1. The highest BCUT2D eigenvalue weighted by atomic mass is 16.3. The maximum absolute atomic E-state index is 9.95. The highest BCUT2D eigenvalue weighted by molar-refractivity contribution is 5.46. The molecule has 1 aliphatic carbocycles. The molecular weight excluding hydrogens is 222 g/mol. The first-order valence-corrected chi connectivity index (χ1v) is 7.05. The number of benzene rings is 1. The van der Waals surface area contributed by atoms with E-state index in [1.165, 1.54) is 5.69 Å². The summed E-state index contributed by atoms with van der Waals surface area (Å²) in [5.74, 6) is 1.35. The molecule has 1 N–H and O–H groups in total. The van der Waals surface area contributed by atoms with E-state index in [0.29, 0.717) is 17.9 Å². The molecule has 3 unspecified atom stereocenters. The van der Waals surface area contributed by atoms with Crippen LogP contribution in [0.2, 0.25) is 0 Å². The number of para-hydroxylation sites is 1. The Labute approximate surface area is 111 Å². The van der Waals surface area contributed by atoms with E-state index < -0.39 is 0 Å². The molecule has 18 heavy (non-hydrogen) atoms. The minimum Gasteiger partial charge on any atom is -0.393 e. The molecule has 0 saturated heterocycles. The van der Waals surface area contributed by atoms with Crippen molar-refractivity contribution in [3.8, 4) is 0 Å². The molecule has 3 atom stereocenters. The molecule has 1 saturated carbocycles. The van der Waals surface area contributed by atoms with Crippen molar-refractivity contribution < 1.29 is 5.11 Å². The fourth-order valence-electron chi connectivity index (χ4n) is 3.23. The van der Waals surface area contributed by atoms with E-state index in [2.05, 4.69) is 50.1 Å². The molecule has 2 heteroatoms. The molecule has 0 aliphatic heterocycles. The molecule has 1 aromatic carbocycles. The Kier molecular flexibility index (Phi) is 4.28. The van der Waals surface area contributed by atoms with Gasteiger partial charge < -0.3 is 10.0 Å². The molecular formula is C16H25NO. The summed E-state index contributed by atoms with van der Waals surface area (Å²) in [5.41, 5.74) is 1.25. The number of rotatable bonds is 3. The van der Waals surface area contributed by atoms with Gasteiger partial charge in [-0.2, -0.15) is 0 Å². The van der Waals surface area contributed by atoms with Crippen LogP contribution in [-0.4, -0.2) is 24.3 Å². The van der Waals surface area contributed by atoms with E-state index in [-0.39, 0.29) is 6.10 Å². The first kappa shape index (κ1) is 13.4. The predicted molar refractivity (Wildman–Crippen MR) is 76.8 cm³/mol. The van der Waals surface area contributed by atoms with E-state index >= 15 is 0 Å². The summed E-state index contributed by atoms with van der Waals surface area (Å²) in [6, 6.07) is 11.0. The van der Waals surface area contributed by atoms with Crippen LogP contribution in [0.4, 0.5) is 5.69 Å². The fraction of sp³-hybridized carbons (Fsp3) is 0.625. The number of nitrogens with zero attached hydrogens (tertiary/aromatic N) is 1. The van der Waals surface area contributed by atoms with Gasteiger partial charge in [-0.25, -0.2) is 0 Å².